The number of hydrogen-bond donors (Lipinski definition) is 2. The van der Waals surface area contributed by atoms with Crippen LogP contribution in [0.15, 0.2) is 0 Å². The normalized spacial score (nSPS) is 26.6. The maximum absolute atomic E-state index is 12.0. The van der Waals surface area contributed by atoms with Gasteiger partial charge in [0.15, 0.2) is 9.84 Å². The number of carbonyl (C=O) groups excluding carboxylic acids is 1. The Bertz CT molecular complexity index is 390. The Hall–Kier alpha value is -0.620. The van der Waals surface area contributed by atoms with Gasteiger partial charge in [-0.2, -0.15) is 0 Å². The second-order valence-electron chi connectivity index (χ2n) is 5.33. The molecule has 17 heavy (non-hydrogen) atoms. The molecule has 2 unspecified atom stereocenters. The van der Waals surface area contributed by atoms with Crippen molar-refractivity contribution in [1.82, 2.24) is 10.6 Å². The Morgan fingerprint density at radius 1 is 1.41 bits per heavy atom. The molecule has 1 aliphatic heterocycles. The van der Waals surface area contributed by atoms with Gasteiger partial charge in [0.25, 0.3) is 0 Å². The van der Waals surface area contributed by atoms with E-state index in [4.69, 9.17) is 0 Å². The molecule has 0 aromatic carbocycles. The lowest BCUT2D eigenvalue weighted by Gasteiger charge is -2.31. The lowest BCUT2D eigenvalue weighted by atomic mass is 10.00. The summed E-state index contributed by atoms with van der Waals surface area (Å²) in [7, 11) is -3.39. The zero-order valence-electron chi connectivity index (χ0n) is 10.9. The van der Waals surface area contributed by atoms with E-state index in [1.807, 2.05) is 0 Å². The third kappa shape index (κ3) is 3.42. The average molecular weight is 262 g/mol. The smallest absolute Gasteiger partial charge is 0.241 e. The van der Waals surface area contributed by atoms with Crippen LogP contribution in [0, 0.1) is 0 Å². The number of nitrogens with one attached hydrogen (secondary N) is 2. The molecule has 1 rings (SSSR count). The highest BCUT2D eigenvalue weighted by atomic mass is 32.2. The zero-order valence-corrected chi connectivity index (χ0v) is 11.7. The average Bonchev–Trinajstić information content (AvgIpc) is 2.15. The molecular formula is C11H22N2O3S. The summed E-state index contributed by atoms with van der Waals surface area (Å²) in [5, 5.41) is 6.12. The van der Waals surface area contributed by atoms with Gasteiger partial charge in [-0.05, 0) is 40.2 Å². The summed E-state index contributed by atoms with van der Waals surface area (Å²) in [5.41, 5.74) is 0. The second-order valence-corrected chi connectivity index (χ2v) is 7.90. The molecule has 0 radical (unpaired) electrons. The zero-order chi connectivity index (χ0) is 13.3. The summed E-state index contributed by atoms with van der Waals surface area (Å²) in [6.07, 6.45) is 2.78. The van der Waals surface area contributed by atoms with Crippen molar-refractivity contribution in [2.45, 2.75) is 50.4 Å². The molecule has 0 aromatic rings. The van der Waals surface area contributed by atoms with E-state index in [0.29, 0.717) is 6.04 Å². The van der Waals surface area contributed by atoms with Gasteiger partial charge < -0.3 is 10.6 Å². The highest BCUT2D eigenvalue weighted by Crippen LogP contribution is 2.17. The Labute approximate surface area is 103 Å². The maximum Gasteiger partial charge on any atom is 0.241 e. The Kier molecular flexibility index (Phi) is 4.19. The predicted octanol–water partition coefficient (Wildman–Crippen LogP) is 0.0663. The summed E-state index contributed by atoms with van der Waals surface area (Å²) in [6.45, 7) is 5.80. The Morgan fingerprint density at radius 3 is 2.47 bits per heavy atom. The van der Waals surface area contributed by atoms with Gasteiger partial charge in [0.05, 0.1) is 0 Å². The molecule has 0 aliphatic carbocycles. The molecule has 1 fully saturated rings. The van der Waals surface area contributed by atoms with Gasteiger partial charge in [-0.15, -0.1) is 0 Å². The van der Waals surface area contributed by atoms with Crippen molar-refractivity contribution >= 4 is 15.7 Å². The van der Waals surface area contributed by atoms with E-state index in [-0.39, 0.29) is 6.04 Å². The van der Waals surface area contributed by atoms with Crippen LogP contribution in [-0.4, -0.2) is 44.0 Å². The van der Waals surface area contributed by atoms with Crippen LogP contribution in [0.3, 0.4) is 0 Å². The van der Waals surface area contributed by atoms with Crippen molar-refractivity contribution in [1.29, 1.82) is 0 Å². The first-order chi connectivity index (χ1) is 7.64. The lowest BCUT2D eigenvalue weighted by molar-refractivity contribution is -0.123. The third-order valence-electron chi connectivity index (χ3n) is 3.43. The van der Waals surface area contributed by atoms with E-state index in [1.165, 1.54) is 13.8 Å². The van der Waals surface area contributed by atoms with E-state index in [1.54, 1.807) is 0 Å². The molecule has 0 saturated carbocycles. The largest absolute Gasteiger partial charge is 0.352 e. The topological polar surface area (TPSA) is 75.3 Å². The molecular weight excluding hydrogens is 240 g/mol. The van der Waals surface area contributed by atoms with Crippen molar-refractivity contribution in [3.63, 3.8) is 0 Å². The number of hydrogen-bond acceptors (Lipinski definition) is 4. The molecule has 5 nitrogen and oxygen atoms in total. The number of rotatable bonds is 3. The van der Waals surface area contributed by atoms with Gasteiger partial charge in [-0.3, -0.25) is 4.79 Å². The van der Waals surface area contributed by atoms with Gasteiger partial charge in [0, 0.05) is 18.3 Å². The Balaban J connectivity index is 2.66. The van der Waals surface area contributed by atoms with Crippen molar-refractivity contribution in [2.24, 2.45) is 0 Å². The van der Waals surface area contributed by atoms with Gasteiger partial charge in [0.2, 0.25) is 5.91 Å². The van der Waals surface area contributed by atoms with Crippen molar-refractivity contribution in [3.05, 3.63) is 0 Å². The number of amides is 1. The molecule has 100 valence electrons. The first kappa shape index (κ1) is 14.4. The van der Waals surface area contributed by atoms with Crippen LogP contribution in [0.5, 0.6) is 0 Å². The van der Waals surface area contributed by atoms with Crippen molar-refractivity contribution in [3.8, 4) is 0 Å². The molecule has 1 amide bonds. The lowest BCUT2D eigenvalue weighted by Crippen LogP contribution is -2.54. The molecule has 2 N–H and O–H groups in total. The van der Waals surface area contributed by atoms with Crippen LogP contribution < -0.4 is 10.6 Å². The molecule has 6 heteroatoms. The van der Waals surface area contributed by atoms with Crippen LogP contribution in [-0.2, 0) is 14.6 Å². The summed E-state index contributed by atoms with van der Waals surface area (Å²) < 4.78 is 21.7. The SMILES string of the molecule is CC1CC(NC(=O)C(C)(C)S(C)(=O)=O)CCN1. The van der Waals surface area contributed by atoms with E-state index in [0.717, 1.165) is 25.6 Å². The third-order valence-corrected chi connectivity index (χ3v) is 5.47. The van der Waals surface area contributed by atoms with Crippen LogP contribution in [0.4, 0.5) is 0 Å². The molecule has 1 heterocycles. The minimum atomic E-state index is -3.39. The highest BCUT2D eigenvalue weighted by Gasteiger charge is 2.39. The quantitative estimate of drug-likeness (QED) is 0.754. The monoisotopic (exact) mass is 262 g/mol. The Morgan fingerprint density at radius 2 is 2.00 bits per heavy atom. The van der Waals surface area contributed by atoms with E-state index < -0.39 is 20.5 Å². The number of carbonyl (C=O) groups is 1. The molecule has 1 saturated heterocycles. The summed E-state index contributed by atoms with van der Waals surface area (Å²) in [4.78, 5) is 12.0. The first-order valence-corrected chi connectivity index (χ1v) is 7.77. The van der Waals surface area contributed by atoms with Gasteiger partial charge >= 0.3 is 0 Å². The molecule has 1 aliphatic rings. The van der Waals surface area contributed by atoms with Crippen LogP contribution in [0.1, 0.15) is 33.6 Å². The highest BCUT2D eigenvalue weighted by molar-refractivity contribution is 7.92. The van der Waals surface area contributed by atoms with Crippen LogP contribution >= 0.6 is 0 Å². The van der Waals surface area contributed by atoms with Crippen molar-refractivity contribution in [2.75, 3.05) is 12.8 Å². The molecule has 0 spiro atoms. The molecule has 0 aromatic heterocycles. The minimum Gasteiger partial charge on any atom is -0.352 e. The maximum atomic E-state index is 12.0. The summed E-state index contributed by atoms with van der Waals surface area (Å²) in [6, 6.07) is 0.426. The fraction of sp³-hybridized carbons (Fsp3) is 0.909. The van der Waals surface area contributed by atoms with Gasteiger partial charge in [-0.25, -0.2) is 8.42 Å². The van der Waals surface area contributed by atoms with Gasteiger partial charge in [-0.1, -0.05) is 0 Å². The number of sulfone groups is 1. The first-order valence-electron chi connectivity index (χ1n) is 5.88. The van der Waals surface area contributed by atoms with E-state index >= 15 is 0 Å². The molecule has 2 atom stereocenters. The summed E-state index contributed by atoms with van der Waals surface area (Å²) in [5.74, 6) is -0.404. The van der Waals surface area contributed by atoms with Crippen molar-refractivity contribution < 1.29 is 13.2 Å². The standard InChI is InChI=1S/C11H22N2O3S/c1-8-7-9(5-6-12-8)13-10(14)11(2,3)17(4,15)16/h8-9,12H,5-7H2,1-4H3,(H,13,14). The fourth-order valence-electron chi connectivity index (χ4n) is 1.79. The summed E-state index contributed by atoms with van der Waals surface area (Å²) >= 11 is 0. The fourth-order valence-corrected chi connectivity index (χ4v) is 2.19. The predicted molar refractivity (Wildman–Crippen MR) is 67.6 cm³/mol. The minimum absolute atomic E-state index is 0.0692. The van der Waals surface area contributed by atoms with E-state index in [9.17, 15) is 13.2 Å². The van der Waals surface area contributed by atoms with Crippen LogP contribution in [0.25, 0.3) is 0 Å². The second kappa shape index (κ2) is 4.94. The van der Waals surface area contributed by atoms with Crippen LogP contribution in [0.2, 0.25) is 0 Å². The number of piperidine rings is 1. The van der Waals surface area contributed by atoms with E-state index in [2.05, 4.69) is 17.6 Å². The molecule has 0 bridgehead atoms. The van der Waals surface area contributed by atoms with Gasteiger partial charge in [0.1, 0.15) is 4.75 Å².